The summed E-state index contributed by atoms with van der Waals surface area (Å²) in [7, 11) is 0. The summed E-state index contributed by atoms with van der Waals surface area (Å²) >= 11 is 0. The molecule has 1 aliphatic heterocycles. The van der Waals surface area contributed by atoms with Crippen LogP contribution in [0.25, 0.3) is 5.69 Å². The summed E-state index contributed by atoms with van der Waals surface area (Å²) in [6.45, 7) is 7.52. The molecule has 0 aliphatic carbocycles. The molecule has 1 aliphatic rings. The Bertz CT molecular complexity index is 571. The molecule has 1 unspecified atom stereocenters. The molecule has 0 bridgehead atoms. The fraction of sp³-hybridized carbons (Fsp3) is 0.467. The summed E-state index contributed by atoms with van der Waals surface area (Å²) < 4.78 is 2.15. The van der Waals surface area contributed by atoms with Gasteiger partial charge in [-0.1, -0.05) is 17.7 Å². The van der Waals surface area contributed by atoms with Crippen molar-refractivity contribution in [3.63, 3.8) is 0 Å². The maximum absolute atomic E-state index is 4.33. The van der Waals surface area contributed by atoms with Crippen molar-refractivity contribution in [1.82, 2.24) is 20.1 Å². The molecule has 1 saturated heterocycles. The molecule has 0 saturated carbocycles. The fourth-order valence-electron chi connectivity index (χ4n) is 3.11. The van der Waals surface area contributed by atoms with Gasteiger partial charge < -0.3 is 5.32 Å². The van der Waals surface area contributed by atoms with Crippen LogP contribution in [0.1, 0.15) is 41.4 Å². The van der Waals surface area contributed by atoms with Crippen molar-refractivity contribution in [2.45, 2.75) is 39.7 Å². The molecule has 0 amide bonds. The van der Waals surface area contributed by atoms with Crippen molar-refractivity contribution in [1.29, 1.82) is 0 Å². The van der Waals surface area contributed by atoms with E-state index in [0.29, 0.717) is 6.04 Å². The van der Waals surface area contributed by atoms with Crippen molar-refractivity contribution in [2.75, 3.05) is 6.54 Å². The standard InChI is InChI=1S/C15H20N4/c1-10-7-11(2)14(12(3)8-10)19-9-17-18-15(19)13-5-4-6-16-13/h7-9,13,16H,4-6H2,1-3H3. The molecule has 0 spiro atoms. The van der Waals surface area contributed by atoms with Gasteiger partial charge in [-0.05, 0) is 51.3 Å². The second-order valence-corrected chi connectivity index (χ2v) is 5.46. The minimum absolute atomic E-state index is 0.336. The number of aromatic nitrogens is 3. The Hall–Kier alpha value is -1.68. The van der Waals surface area contributed by atoms with E-state index in [9.17, 15) is 0 Å². The molecule has 100 valence electrons. The van der Waals surface area contributed by atoms with Crippen LogP contribution in [0.2, 0.25) is 0 Å². The highest BCUT2D eigenvalue weighted by molar-refractivity contribution is 5.49. The first-order valence-electron chi connectivity index (χ1n) is 6.88. The lowest BCUT2D eigenvalue weighted by Gasteiger charge is -2.16. The Kier molecular flexibility index (Phi) is 3.11. The molecule has 2 aromatic rings. The van der Waals surface area contributed by atoms with Gasteiger partial charge in [0.05, 0.1) is 11.7 Å². The molecular weight excluding hydrogens is 236 g/mol. The van der Waals surface area contributed by atoms with Crippen LogP contribution < -0.4 is 5.32 Å². The molecule has 1 aromatic heterocycles. The van der Waals surface area contributed by atoms with Crippen LogP contribution in [-0.2, 0) is 0 Å². The average molecular weight is 256 g/mol. The molecule has 2 heterocycles. The van der Waals surface area contributed by atoms with E-state index in [4.69, 9.17) is 0 Å². The number of aryl methyl sites for hydroxylation is 3. The van der Waals surface area contributed by atoms with Crippen LogP contribution in [0.3, 0.4) is 0 Å². The van der Waals surface area contributed by atoms with Gasteiger partial charge >= 0.3 is 0 Å². The number of hydrogen-bond donors (Lipinski definition) is 1. The molecule has 1 atom stereocenters. The van der Waals surface area contributed by atoms with Crippen molar-refractivity contribution in [3.8, 4) is 5.69 Å². The van der Waals surface area contributed by atoms with E-state index in [1.165, 1.54) is 28.8 Å². The molecule has 4 heteroatoms. The number of rotatable bonds is 2. The second kappa shape index (κ2) is 4.78. The second-order valence-electron chi connectivity index (χ2n) is 5.46. The van der Waals surface area contributed by atoms with E-state index in [1.54, 1.807) is 0 Å². The van der Waals surface area contributed by atoms with Gasteiger partial charge in [0.25, 0.3) is 0 Å². The normalized spacial score (nSPS) is 19.0. The van der Waals surface area contributed by atoms with Crippen molar-refractivity contribution >= 4 is 0 Å². The SMILES string of the molecule is Cc1cc(C)c(-n2cnnc2C2CCCN2)c(C)c1. The first kappa shape index (κ1) is 12.4. The lowest BCUT2D eigenvalue weighted by molar-refractivity contribution is 0.591. The van der Waals surface area contributed by atoms with Gasteiger partial charge in [0.1, 0.15) is 6.33 Å². The van der Waals surface area contributed by atoms with Crippen LogP contribution in [0.15, 0.2) is 18.5 Å². The van der Waals surface area contributed by atoms with E-state index >= 15 is 0 Å². The molecule has 19 heavy (non-hydrogen) atoms. The molecule has 4 nitrogen and oxygen atoms in total. The van der Waals surface area contributed by atoms with Gasteiger partial charge in [-0.3, -0.25) is 4.57 Å². The van der Waals surface area contributed by atoms with E-state index in [-0.39, 0.29) is 0 Å². The lowest BCUT2D eigenvalue weighted by Crippen LogP contribution is -2.18. The number of nitrogens with zero attached hydrogens (tertiary/aromatic N) is 3. The molecule has 1 N–H and O–H groups in total. The average Bonchev–Trinajstić information content (AvgIpc) is 2.96. The van der Waals surface area contributed by atoms with Crippen LogP contribution >= 0.6 is 0 Å². The van der Waals surface area contributed by atoms with Crippen molar-refractivity contribution in [2.24, 2.45) is 0 Å². The summed E-state index contributed by atoms with van der Waals surface area (Å²) in [5.41, 5.74) is 5.07. The van der Waals surface area contributed by atoms with Crippen LogP contribution in [-0.4, -0.2) is 21.3 Å². The lowest BCUT2D eigenvalue weighted by atomic mass is 10.0. The summed E-state index contributed by atoms with van der Waals surface area (Å²) in [6, 6.07) is 4.77. The van der Waals surface area contributed by atoms with Crippen LogP contribution in [0.4, 0.5) is 0 Å². The predicted molar refractivity (Wildman–Crippen MR) is 75.5 cm³/mol. The van der Waals surface area contributed by atoms with Gasteiger partial charge in [-0.2, -0.15) is 0 Å². The largest absolute Gasteiger partial charge is 0.307 e. The van der Waals surface area contributed by atoms with Crippen molar-refractivity contribution < 1.29 is 0 Å². The summed E-state index contributed by atoms with van der Waals surface area (Å²) in [5, 5.41) is 11.9. The Morgan fingerprint density at radius 3 is 2.58 bits per heavy atom. The Balaban J connectivity index is 2.10. The van der Waals surface area contributed by atoms with Gasteiger partial charge in [-0.15, -0.1) is 10.2 Å². The minimum Gasteiger partial charge on any atom is -0.307 e. The first-order chi connectivity index (χ1) is 9.16. The van der Waals surface area contributed by atoms with E-state index < -0.39 is 0 Å². The maximum Gasteiger partial charge on any atom is 0.154 e. The maximum atomic E-state index is 4.33. The van der Waals surface area contributed by atoms with Gasteiger partial charge in [-0.25, -0.2) is 0 Å². The van der Waals surface area contributed by atoms with Crippen LogP contribution in [0, 0.1) is 20.8 Å². The quantitative estimate of drug-likeness (QED) is 0.898. The van der Waals surface area contributed by atoms with E-state index in [2.05, 4.69) is 53.0 Å². The zero-order valence-corrected chi connectivity index (χ0v) is 11.8. The third-order valence-electron chi connectivity index (χ3n) is 3.82. The molecule has 3 rings (SSSR count). The number of benzene rings is 1. The van der Waals surface area contributed by atoms with Gasteiger partial charge in [0, 0.05) is 0 Å². The predicted octanol–water partition coefficient (Wildman–Crippen LogP) is 2.62. The Labute approximate surface area is 113 Å². The van der Waals surface area contributed by atoms with Gasteiger partial charge in [0.15, 0.2) is 5.82 Å². The van der Waals surface area contributed by atoms with E-state index in [0.717, 1.165) is 18.8 Å². The number of nitrogens with one attached hydrogen (secondary N) is 1. The third-order valence-corrected chi connectivity index (χ3v) is 3.82. The summed E-state index contributed by atoms with van der Waals surface area (Å²) in [4.78, 5) is 0. The molecule has 1 fully saturated rings. The highest BCUT2D eigenvalue weighted by atomic mass is 15.3. The zero-order chi connectivity index (χ0) is 13.4. The molecular formula is C15H20N4. The van der Waals surface area contributed by atoms with Gasteiger partial charge in [0.2, 0.25) is 0 Å². The first-order valence-corrected chi connectivity index (χ1v) is 6.88. The molecule has 1 aromatic carbocycles. The summed E-state index contributed by atoms with van der Waals surface area (Å²) in [6.07, 6.45) is 4.19. The smallest absolute Gasteiger partial charge is 0.154 e. The number of hydrogen-bond acceptors (Lipinski definition) is 3. The fourth-order valence-corrected chi connectivity index (χ4v) is 3.11. The third kappa shape index (κ3) is 2.16. The topological polar surface area (TPSA) is 42.7 Å². The highest BCUT2D eigenvalue weighted by Crippen LogP contribution is 2.27. The van der Waals surface area contributed by atoms with E-state index in [1.807, 2.05) is 6.33 Å². The zero-order valence-electron chi connectivity index (χ0n) is 11.8. The molecule has 0 radical (unpaired) electrons. The Morgan fingerprint density at radius 2 is 1.95 bits per heavy atom. The van der Waals surface area contributed by atoms with Crippen LogP contribution in [0.5, 0.6) is 0 Å². The highest BCUT2D eigenvalue weighted by Gasteiger charge is 2.23. The monoisotopic (exact) mass is 256 g/mol. The minimum atomic E-state index is 0.336. The summed E-state index contributed by atoms with van der Waals surface area (Å²) in [5.74, 6) is 1.03. The van der Waals surface area contributed by atoms with Crippen molar-refractivity contribution in [3.05, 3.63) is 41.0 Å². The Morgan fingerprint density at radius 1 is 1.21 bits per heavy atom.